The van der Waals surface area contributed by atoms with Gasteiger partial charge >= 0.3 is 6.36 Å². The standard InChI is InChI=1S/C35H37F3N6O2S2/c1-7-47-32(41-33-44(31(45)34(5,6)48-33)29-20-23(4)8-17-28(29)22(2)3)39-19-18-24-9-11-25(12-10-24)30-40-21-43(42-30)26-13-15-27(16-14-26)46-35(36,37)38/h8-17,20-22H,7,18-19H2,1-6H3/b39-32-,41-33-. The van der Waals surface area contributed by atoms with E-state index in [1.807, 2.05) is 45.0 Å². The predicted octanol–water partition coefficient (Wildman–Crippen LogP) is 8.83. The molecule has 0 aliphatic carbocycles. The summed E-state index contributed by atoms with van der Waals surface area (Å²) in [6, 6.07) is 19.5. The summed E-state index contributed by atoms with van der Waals surface area (Å²) in [5.74, 6) is 1.21. The highest BCUT2D eigenvalue weighted by molar-refractivity contribution is 8.17. The van der Waals surface area contributed by atoms with Gasteiger partial charge in [-0.2, -0.15) is 4.99 Å². The van der Waals surface area contributed by atoms with Crippen molar-refractivity contribution in [2.24, 2.45) is 9.98 Å². The molecule has 4 aromatic rings. The summed E-state index contributed by atoms with van der Waals surface area (Å²) >= 11 is 3.01. The molecular weight excluding hydrogens is 658 g/mol. The molecule has 8 nitrogen and oxygen atoms in total. The molecule has 1 fully saturated rings. The van der Waals surface area contributed by atoms with Crippen molar-refractivity contribution < 1.29 is 22.7 Å². The van der Waals surface area contributed by atoms with Gasteiger partial charge in [0.25, 0.3) is 0 Å². The highest BCUT2D eigenvalue weighted by atomic mass is 32.2. The second kappa shape index (κ2) is 14.6. The van der Waals surface area contributed by atoms with Crippen LogP contribution in [0.4, 0.5) is 18.9 Å². The molecule has 1 aromatic heterocycles. The third-order valence-electron chi connectivity index (χ3n) is 7.46. The minimum atomic E-state index is -4.75. The van der Waals surface area contributed by atoms with Crippen LogP contribution < -0.4 is 9.64 Å². The van der Waals surface area contributed by atoms with Crippen LogP contribution in [0.1, 0.15) is 57.2 Å². The number of hydrogen-bond acceptors (Lipinski definition) is 7. The summed E-state index contributed by atoms with van der Waals surface area (Å²) in [5, 5.41) is 5.75. The lowest BCUT2D eigenvalue weighted by Crippen LogP contribution is -2.37. The fourth-order valence-electron chi connectivity index (χ4n) is 5.04. The zero-order chi connectivity index (χ0) is 34.6. The average molecular weight is 695 g/mol. The van der Waals surface area contributed by atoms with E-state index in [0.29, 0.717) is 34.8 Å². The van der Waals surface area contributed by atoms with Crippen LogP contribution in [0, 0.1) is 6.92 Å². The van der Waals surface area contributed by atoms with E-state index in [-0.39, 0.29) is 17.6 Å². The minimum Gasteiger partial charge on any atom is -0.406 e. The average Bonchev–Trinajstić information content (AvgIpc) is 3.59. The van der Waals surface area contributed by atoms with E-state index in [4.69, 9.17) is 9.98 Å². The van der Waals surface area contributed by atoms with E-state index in [0.717, 1.165) is 33.7 Å². The smallest absolute Gasteiger partial charge is 0.406 e. The summed E-state index contributed by atoms with van der Waals surface area (Å²) in [5.41, 5.74) is 5.48. The van der Waals surface area contributed by atoms with Gasteiger partial charge in [-0.15, -0.1) is 18.3 Å². The van der Waals surface area contributed by atoms with Crippen molar-refractivity contribution in [2.45, 2.75) is 65.0 Å². The van der Waals surface area contributed by atoms with Gasteiger partial charge in [0.15, 0.2) is 16.2 Å². The Kier molecular flexibility index (Phi) is 10.7. The zero-order valence-electron chi connectivity index (χ0n) is 27.6. The lowest BCUT2D eigenvalue weighted by Gasteiger charge is -2.23. The number of amidine groups is 2. The second-order valence-electron chi connectivity index (χ2n) is 12.0. The molecule has 0 bridgehead atoms. The van der Waals surface area contributed by atoms with Gasteiger partial charge in [0, 0.05) is 12.1 Å². The number of benzene rings is 3. The zero-order valence-corrected chi connectivity index (χ0v) is 29.2. The number of ether oxygens (including phenoxy) is 1. The Morgan fingerprint density at radius 3 is 2.42 bits per heavy atom. The lowest BCUT2D eigenvalue weighted by molar-refractivity contribution is -0.274. The molecule has 48 heavy (non-hydrogen) atoms. The largest absolute Gasteiger partial charge is 0.573 e. The van der Waals surface area contributed by atoms with Crippen molar-refractivity contribution in [1.29, 1.82) is 0 Å². The maximum atomic E-state index is 13.6. The van der Waals surface area contributed by atoms with Crippen LogP contribution in [-0.4, -0.2) is 54.4 Å². The number of aliphatic imine (C=N–C) groups is 2. The summed E-state index contributed by atoms with van der Waals surface area (Å²) in [4.78, 5) is 29.6. The fourth-order valence-corrected chi connectivity index (χ4v) is 6.73. The summed E-state index contributed by atoms with van der Waals surface area (Å²) in [6.07, 6.45) is -2.56. The normalized spacial score (nSPS) is 16.0. The van der Waals surface area contributed by atoms with Crippen LogP contribution in [0.15, 0.2) is 83.0 Å². The molecule has 1 amide bonds. The fraction of sp³-hybridized carbons (Fsp3) is 0.343. The van der Waals surface area contributed by atoms with E-state index in [9.17, 15) is 18.0 Å². The Morgan fingerprint density at radius 1 is 1.06 bits per heavy atom. The topological polar surface area (TPSA) is 85.0 Å². The molecule has 1 saturated heterocycles. The van der Waals surface area contributed by atoms with Crippen molar-refractivity contribution >= 4 is 45.5 Å². The second-order valence-corrected chi connectivity index (χ2v) is 14.8. The highest BCUT2D eigenvalue weighted by Gasteiger charge is 2.46. The van der Waals surface area contributed by atoms with E-state index >= 15 is 0 Å². The van der Waals surface area contributed by atoms with Gasteiger partial charge < -0.3 is 4.74 Å². The molecule has 1 aliphatic heterocycles. The molecular formula is C35H37F3N6O2S2. The van der Waals surface area contributed by atoms with Crippen molar-refractivity contribution in [1.82, 2.24) is 14.8 Å². The number of thioether (sulfide) groups is 2. The highest BCUT2D eigenvalue weighted by Crippen LogP contribution is 2.42. The predicted molar refractivity (Wildman–Crippen MR) is 189 cm³/mol. The Labute approximate surface area is 286 Å². The number of anilines is 1. The Hall–Kier alpha value is -4.10. The molecule has 0 N–H and O–H groups in total. The van der Waals surface area contributed by atoms with E-state index in [2.05, 4.69) is 53.8 Å². The number of rotatable bonds is 9. The first-order valence-corrected chi connectivity index (χ1v) is 17.3. The molecule has 1 aliphatic rings. The number of aryl methyl sites for hydroxylation is 1. The Bertz CT molecular complexity index is 1820. The molecule has 0 atom stereocenters. The molecule has 5 rings (SSSR count). The maximum Gasteiger partial charge on any atom is 0.573 e. The minimum absolute atomic E-state index is 0.00690. The number of halogens is 3. The Morgan fingerprint density at radius 2 is 1.77 bits per heavy atom. The van der Waals surface area contributed by atoms with Gasteiger partial charge in [0.1, 0.15) is 12.1 Å². The first-order chi connectivity index (χ1) is 22.7. The first kappa shape index (κ1) is 35.2. The van der Waals surface area contributed by atoms with Gasteiger partial charge in [-0.3, -0.25) is 14.7 Å². The summed E-state index contributed by atoms with van der Waals surface area (Å²) < 4.78 is 42.2. The quantitative estimate of drug-likeness (QED) is 0.129. The Balaban J connectivity index is 1.29. The SMILES string of the molecule is CCSC(=N\CCc1ccc(-c2ncn(-c3ccc(OC(F)(F)F)cc3)n2)cc1)/N=C1\SC(C)(C)C(=O)N1c1cc(C)ccc1C(C)C. The summed E-state index contributed by atoms with van der Waals surface area (Å²) in [7, 11) is 0. The van der Waals surface area contributed by atoms with Gasteiger partial charge in [0.05, 0.1) is 16.1 Å². The molecule has 13 heteroatoms. The summed E-state index contributed by atoms with van der Waals surface area (Å²) in [6.45, 7) is 12.7. The number of aromatic nitrogens is 3. The number of alkyl halides is 3. The van der Waals surface area contributed by atoms with Crippen LogP contribution >= 0.6 is 23.5 Å². The molecule has 0 saturated carbocycles. The van der Waals surface area contributed by atoms with Crippen LogP contribution in [-0.2, 0) is 11.2 Å². The number of nitrogens with zero attached hydrogens (tertiary/aromatic N) is 6. The van der Waals surface area contributed by atoms with Crippen molar-refractivity contribution in [3.8, 4) is 22.8 Å². The van der Waals surface area contributed by atoms with Crippen LogP contribution in [0.5, 0.6) is 5.75 Å². The first-order valence-electron chi connectivity index (χ1n) is 15.5. The van der Waals surface area contributed by atoms with Crippen molar-refractivity contribution in [2.75, 3.05) is 17.2 Å². The van der Waals surface area contributed by atoms with Gasteiger partial charge in [0.2, 0.25) is 5.91 Å². The molecule has 0 spiro atoms. The molecule has 0 radical (unpaired) electrons. The lowest BCUT2D eigenvalue weighted by atomic mass is 9.98. The number of carbonyl (C=O) groups excluding carboxylic acids is 1. The van der Waals surface area contributed by atoms with E-state index in [1.54, 1.807) is 16.7 Å². The van der Waals surface area contributed by atoms with Crippen LogP contribution in [0.2, 0.25) is 0 Å². The molecule has 0 unspecified atom stereocenters. The van der Waals surface area contributed by atoms with Crippen molar-refractivity contribution in [3.63, 3.8) is 0 Å². The third kappa shape index (κ3) is 8.48. The van der Waals surface area contributed by atoms with E-state index in [1.165, 1.54) is 47.0 Å². The van der Waals surface area contributed by atoms with Crippen LogP contribution in [0.3, 0.4) is 0 Å². The number of amides is 1. The van der Waals surface area contributed by atoms with Gasteiger partial charge in [-0.25, -0.2) is 9.67 Å². The van der Waals surface area contributed by atoms with Gasteiger partial charge in [-0.05, 0) is 85.9 Å². The molecule has 252 valence electrons. The van der Waals surface area contributed by atoms with E-state index < -0.39 is 11.1 Å². The third-order valence-corrected chi connectivity index (χ3v) is 9.36. The molecule has 2 heterocycles. The van der Waals surface area contributed by atoms with Crippen molar-refractivity contribution in [3.05, 3.63) is 89.7 Å². The maximum absolute atomic E-state index is 13.6. The number of hydrogen-bond donors (Lipinski definition) is 0. The monoisotopic (exact) mass is 694 g/mol. The van der Waals surface area contributed by atoms with Gasteiger partial charge in [-0.1, -0.05) is 80.7 Å². The van der Waals surface area contributed by atoms with Crippen LogP contribution in [0.25, 0.3) is 17.1 Å². The number of carbonyl (C=O) groups is 1. The molecule has 3 aromatic carbocycles.